The first kappa shape index (κ1) is 11.1. The van der Waals surface area contributed by atoms with Crippen molar-refractivity contribution in [1.82, 2.24) is 4.98 Å². The average molecular weight is 235 g/mol. The second kappa shape index (κ2) is 4.65. The van der Waals surface area contributed by atoms with Crippen LogP contribution in [-0.2, 0) is 6.54 Å². The van der Waals surface area contributed by atoms with Crippen LogP contribution in [0.1, 0.15) is 5.69 Å². The summed E-state index contributed by atoms with van der Waals surface area (Å²) >= 11 is 0. The summed E-state index contributed by atoms with van der Waals surface area (Å²) in [5.74, 6) is -0.634. The van der Waals surface area contributed by atoms with Gasteiger partial charge in [0.15, 0.2) is 5.82 Å². The second-order valence-corrected chi connectivity index (χ2v) is 3.44. The van der Waals surface area contributed by atoms with Gasteiger partial charge in [0.05, 0.1) is 11.5 Å². The third kappa shape index (κ3) is 2.41. The van der Waals surface area contributed by atoms with Crippen molar-refractivity contribution in [2.45, 2.75) is 6.54 Å². The van der Waals surface area contributed by atoms with Crippen LogP contribution >= 0.6 is 0 Å². The Kier molecular flexibility index (Phi) is 3.04. The fourth-order valence-corrected chi connectivity index (χ4v) is 1.50. The lowest BCUT2D eigenvalue weighted by molar-refractivity contribution is -0.384. The number of anilines is 1. The topological polar surface area (TPSA) is 71.0 Å². The molecule has 17 heavy (non-hydrogen) atoms. The van der Waals surface area contributed by atoms with Gasteiger partial charge < -0.3 is 10.3 Å². The van der Waals surface area contributed by atoms with Crippen LogP contribution in [0.2, 0.25) is 0 Å². The Hall–Kier alpha value is -2.37. The zero-order valence-electron chi connectivity index (χ0n) is 8.81. The summed E-state index contributed by atoms with van der Waals surface area (Å²) < 4.78 is 13.5. The standard InChI is InChI=1S/C11H10FN3O2/c12-9-4-1-5-10(15(16)17)11(9)14-7-8-3-2-6-13-8/h1-6,13-14H,7H2. The van der Waals surface area contributed by atoms with Crippen molar-refractivity contribution in [1.29, 1.82) is 0 Å². The highest BCUT2D eigenvalue weighted by Gasteiger charge is 2.17. The molecule has 0 aliphatic carbocycles. The van der Waals surface area contributed by atoms with Crippen LogP contribution in [0.15, 0.2) is 36.5 Å². The number of H-pyrrole nitrogens is 1. The Bertz CT molecular complexity index is 526. The molecule has 0 fully saturated rings. The number of aromatic amines is 1. The molecule has 1 heterocycles. The van der Waals surface area contributed by atoms with Crippen LogP contribution in [0, 0.1) is 15.9 Å². The number of nitro groups is 1. The summed E-state index contributed by atoms with van der Waals surface area (Å²) in [5, 5.41) is 13.4. The minimum atomic E-state index is -0.634. The molecule has 1 aromatic heterocycles. The molecular formula is C11H10FN3O2. The first-order chi connectivity index (χ1) is 8.18. The molecule has 0 saturated carbocycles. The molecule has 0 unspecified atom stereocenters. The maximum atomic E-state index is 13.5. The highest BCUT2D eigenvalue weighted by atomic mass is 19.1. The number of nitrogens with zero attached hydrogens (tertiary/aromatic N) is 1. The minimum Gasteiger partial charge on any atom is -0.372 e. The summed E-state index contributed by atoms with van der Waals surface area (Å²) in [6.45, 7) is 0.300. The largest absolute Gasteiger partial charge is 0.372 e. The zero-order valence-corrected chi connectivity index (χ0v) is 8.81. The molecule has 88 valence electrons. The first-order valence-corrected chi connectivity index (χ1v) is 4.97. The summed E-state index contributed by atoms with van der Waals surface area (Å²) in [4.78, 5) is 13.0. The van der Waals surface area contributed by atoms with E-state index in [9.17, 15) is 14.5 Å². The monoisotopic (exact) mass is 235 g/mol. The Morgan fingerprint density at radius 2 is 2.18 bits per heavy atom. The second-order valence-electron chi connectivity index (χ2n) is 3.44. The summed E-state index contributed by atoms with van der Waals surface area (Å²) in [6.07, 6.45) is 1.73. The molecule has 0 spiro atoms. The van der Waals surface area contributed by atoms with Crippen molar-refractivity contribution in [2.24, 2.45) is 0 Å². The Morgan fingerprint density at radius 3 is 2.82 bits per heavy atom. The smallest absolute Gasteiger partial charge is 0.295 e. The zero-order chi connectivity index (χ0) is 12.3. The lowest BCUT2D eigenvalue weighted by Gasteiger charge is -2.06. The number of hydrogen-bond acceptors (Lipinski definition) is 3. The van der Waals surface area contributed by atoms with Gasteiger partial charge in [-0.1, -0.05) is 6.07 Å². The fraction of sp³-hybridized carbons (Fsp3) is 0.0909. The number of nitrogens with one attached hydrogen (secondary N) is 2. The third-order valence-corrected chi connectivity index (χ3v) is 2.31. The normalized spacial score (nSPS) is 10.2. The predicted molar refractivity (Wildman–Crippen MR) is 61.2 cm³/mol. The van der Waals surface area contributed by atoms with Crippen molar-refractivity contribution in [2.75, 3.05) is 5.32 Å². The average Bonchev–Trinajstić information content (AvgIpc) is 2.80. The number of benzene rings is 1. The molecule has 0 saturated heterocycles. The van der Waals surface area contributed by atoms with Gasteiger partial charge in [-0.25, -0.2) is 4.39 Å². The van der Waals surface area contributed by atoms with Crippen LogP contribution in [0.3, 0.4) is 0 Å². The van der Waals surface area contributed by atoms with E-state index in [1.807, 2.05) is 0 Å². The summed E-state index contributed by atoms with van der Waals surface area (Å²) in [7, 11) is 0. The van der Waals surface area contributed by atoms with Crippen molar-refractivity contribution in [3.63, 3.8) is 0 Å². The van der Waals surface area contributed by atoms with E-state index in [4.69, 9.17) is 0 Å². The molecule has 2 aromatic rings. The Morgan fingerprint density at radius 1 is 1.35 bits per heavy atom. The molecule has 1 aromatic carbocycles. The molecule has 0 aliphatic rings. The number of rotatable bonds is 4. The molecule has 5 nitrogen and oxygen atoms in total. The Balaban J connectivity index is 2.22. The molecule has 0 atom stereocenters. The highest BCUT2D eigenvalue weighted by Crippen LogP contribution is 2.27. The molecule has 0 radical (unpaired) electrons. The maximum Gasteiger partial charge on any atom is 0.295 e. The number of hydrogen-bond donors (Lipinski definition) is 2. The SMILES string of the molecule is O=[N+]([O-])c1cccc(F)c1NCc1ccc[nH]1. The van der Waals surface area contributed by atoms with E-state index in [0.717, 1.165) is 5.69 Å². The lowest BCUT2D eigenvalue weighted by atomic mass is 10.2. The van der Waals surface area contributed by atoms with E-state index in [0.29, 0.717) is 6.54 Å². The number of halogens is 1. The van der Waals surface area contributed by atoms with E-state index < -0.39 is 10.7 Å². The van der Waals surface area contributed by atoms with Crippen molar-refractivity contribution in [3.05, 3.63) is 58.2 Å². The van der Waals surface area contributed by atoms with Gasteiger partial charge in [0.25, 0.3) is 5.69 Å². The number of aromatic nitrogens is 1. The quantitative estimate of drug-likeness (QED) is 0.632. The lowest BCUT2D eigenvalue weighted by Crippen LogP contribution is -2.04. The van der Waals surface area contributed by atoms with E-state index in [1.54, 1.807) is 18.3 Å². The predicted octanol–water partition coefficient (Wildman–Crippen LogP) is 2.67. The van der Waals surface area contributed by atoms with Gasteiger partial charge in [0.2, 0.25) is 0 Å². The minimum absolute atomic E-state index is 0.0906. The maximum absolute atomic E-state index is 13.5. The van der Waals surface area contributed by atoms with Crippen LogP contribution in [0.5, 0.6) is 0 Å². The van der Waals surface area contributed by atoms with Crippen LogP contribution in [0.4, 0.5) is 15.8 Å². The highest BCUT2D eigenvalue weighted by molar-refractivity contribution is 5.62. The molecule has 0 bridgehead atoms. The van der Waals surface area contributed by atoms with Gasteiger partial charge in [-0.2, -0.15) is 0 Å². The van der Waals surface area contributed by atoms with Gasteiger partial charge in [0.1, 0.15) is 5.69 Å². The molecule has 2 N–H and O–H groups in total. The number of para-hydroxylation sites is 1. The molecular weight excluding hydrogens is 225 g/mol. The van der Waals surface area contributed by atoms with Crippen molar-refractivity contribution >= 4 is 11.4 Å². The van der Waals surface area contributed by atoms with Crippen molar-refractivity contribution in [3.8, 4) is 0 Å². The molecule has 2 rings (SSSR count). The van der Waals surface area contributed by atoms with E-state index in [-0.39, 0.29) is 11.4 Å². The van der Waals surface area contributed by atoms with Gasteiger partial charge >= 0.3 is 0 Å². The summed E-state index contributed by atoms with van der Waals surface area (Å²) in [5.41, 5.74) is 0.464. The summed E-state index contributed by atoms with van der Waals surface area (Å²) in [6, 6.07) is 7.36. The first-order valence-electron chi connectivity index (χ1n) is 4.97. The van der Waals surface area contributed by atoms with Crippen LogP contribution in [0.25, 0.3) is 0 Å². The van der Waals surface area contributed by atoms with Gasteiger partial charge in [-0.05, 0) is 18.2 Å². The number of nitro benzene ring substituents is 1. The third-order valence-electron chi connectivity index (χ3n) is 2.31. The van der Waals surface area contributed by atoms with Gasteiger partial charge in [0, 0.05) is 18.0 Å². The van der Waals surface area contributed by atoms with Crippen molar-refractivity contribution < 1.29 is 9.31 Å². The Labute approximate surface area is 96.4 Å². The van der Waals surface area contributed by atoms with Gasteiger partial charge in [-0.15, -0.1) is 0 Å². The fourth-order valence-electron chi connectivity index (χ4n) is 1.50. The van der Waals surface area contributed by atoms with Crippen LogP contribution in [-0.4, -0.2) is 9.91 Å². The van der Waals surface area contributed by atoms with E-state index in [1.165, 1.54) is 18.2 Å². The van der Waals surface area contributed by atoms with E-state index in [2.05, 4.69) is 10.3 Å². The molecule has 6 heteroatoms. The molecule has 0 aliphatic heterocycles. The van der Waals surface area contributed by atoms with Crippen LogP contribution < -0.4 is 5.32 Å². The van der Waals surface area contributed by atoms with E-state index >= 15 is 0 Å². The van der Waals surface area contributed by atoms with Gasteiger partial charge in [-0.3, -0.25) is 10.1 Å². The molecule has 0 amide bonds.